The Hall–Kier alpha value is -2.41. The summed E-state index contributed by atoms with van der Waals surface area (Å²) in [6.45, 7) is 0. The van der Waals surface area contributed by atoms with Crippen molar-refractivity contribution in [1.82, 2.24) is 4.98 Å². The fourth-order valence-corrected chi connectivity index (χ4v) is 2.11. The van der Waals surface area contributed by atoms with Crippen LogP contribution >= 0.6 is 0 Å². The van der Waals surface area contributed by atoms with Gasteiger partial charge in [-0.2, -0.15) is 0 Å². The van der Waals surface area contributed by atoms with Crippen molar-refractivity contribution >= 4 is 15.8 Å². The molecule has 20 heavy (non-hydrogen) atoms. The van der Waals surface area contributed by atoms with Gasteiger partial charge in [-0.3, -0.25) is 0 Å². The Morgan fingerprint density at radius 3 is 2.55 bits per heavy atom. The molecular weight excluding hydrogens is 282 g/mol. The lowest BCUT2D eigenvalue weighted by Gasteiger charge is -2.06. The van der Waals surface area contributed by atoms with Crippen LogP contribution in [0.15, 0.2) is 47.5 Å². The Kier molecular flexibility index (Phi) is 3.71. The van der Waals surface area contributed by atoms with Crippen LogP contribution in [0, 0.1) is 0 Å². The Morgan fingerprint density at radius 2 is 2.00 bits per heavy atom. The lowest BCUT2D eigenvalue weighted by molar-refractivity contribution is 0.0696. The zero-order chi connectivity index (χ0) is 14.8. The van der Waals surface area contributed by atoms with E-state index in [0.29, 0.717) is 5.75 Å². The lowest BCUT2D eigenvalue weighted by atomic mass is 10.3. The molecular formula is C13H11NO5S. The lowest BCUT2D eigenvalue weighted by Crippen LogP contribution is -1.99. The molecule has 0 amide bonds. The fourth-order valence-electron chi connectivity index (χ4n) is 1.46. The van der Waals surface area contributed by atoms with Gasteiger partial charge < -0.3 is 9.84 Å². The third-order valence-corrected chi connectivity index (χ3v) is 3.55. The minimum atomic E-state index is -3.31. The number of carboxylic acid groups (broad SMARTS) is 1. The van der Waals surface area contributed by atoms with E-state index in [9.17, 15) is 13.2 Å². The second-order valence-corrected chi connectivity index (χ2v) is 6.06. The van der Waals surface area contributed by atoms with Crippen molar-refractivity contribution in [3.8, 4) is 11.6 Å². The molecule has 0 bridgehead atoms. The van der Waals surface area contributed by atoms with Crippen LogP contribution in [-0.2, 0) is 9.84 Å². The van der Waals surface area contributed by atoms with E-state index in [4.69, 9.17) is 9.84 Å². The van der Waals surface area contributed by atoms with E-state index >= 15 is 0 Å². The number of ether oxygens (including phenoxy) is 1. The molecule has 0 atom stereocenters. The normalized spacial score (nSPS) is 11.1. The SMILES string of the molecule is CS(=O)(=O)c1cccc(Oc2ccc(C(=O)O)cn2)c1. The zero-order valence-electron chi connectivity index (χ0n) is 10.5. The summed E-state index contributed by atoms with van der Waals surface area (Å²) in [5.74, 6) is -0.590. The van der Waals surface area contributed by atoms with Crippen molar-refractivity contribution in [1.29, 1.82) is 0 Å². The molecule has 0 saturated heterocycles. The average Bonchev–Trinajstić information content (AvgIpc) is 2.38. The maximum absolute atomic E-state index is 11.4. The number of pyridine rings is 1. The molecule has 7 heteroatoms. The highest BCUT2D eigenvalue weighted by molar-refractivity contribution is 7.90. The molecule has 0 aliphatic rings. The molecule has 0 fully saturated rings. The van der Waals surface area contributed by atoms with Gasteiger partial charge in [-0.1, -0.05) is 6.07 Å². The Labute approximate surface area is 115 Å². The first kappa shape index (κ1) is 14.0. The minimum Gasteiger partial charge on any atom is -0.478 e. The summed E-state index contributed by atoms with van der Waals surface area (Å²) < 4.78 is 28.2. The van der Waals surface area contributed by atoms with Crippen LogP contribution in [0.5, 0.6) is 11.6 Å². The Morgan fingerprint density at radius 1 is 1.25 bits per heavy atom. The molecule has 1 aromatic carbocycles. The summed E-state index contributed by atoms with van der Waals surface area (Å²) in [6.07, 6.45) is 2.27. The predicted octanol–water partition coefficient (Wildman–Crippen LogP) is 1.98. The molecule has 1 heterocycles. The van der Waals surface area contributed by atoms with Crippen LogP contribution in [0.2, 0.25) is 0 Å². The number of sulfone groups is 1. The molecule has 104 valence electrons. The first-order valence-electron chi connectivity index (χ1n) is 5.53. The second-order valence-electron chi connectivity index (χ2n) is 4.04. The highest BCUT2D eigenvalue weighted by Crippen LogP contribution is 2.22. The van der Waals surface area contributed by atoms with E-state index in [1.165, 1.54) is 24.3 Å². The van der Waals surface area contributed by atoms with Gasteiger partial charge in [0.2, 0.25) is 5.88 Å². The quantitative estimate of drug-likeness (QED) is 0.926. The van der Waals surface area contributed by atoms with Crippen LogP contribution in [0.4, 0.5) is 0 Å². The van der Waals surface area contributed by atoms with Gasteiger partial charge >= 0.3 is 5.97 Å². The molecule has 0 aliphatic heterocycles. The Bertz CT molecular complexity index is 738. The number of hydrogen-bond donors (Lipinski definition) is 1. The van der Waals surface area contributed by atoms with Crippen molar-refractivity contribution in [2.45, 2.75) is 4.90 Å². The molecule has 6 nitrogen and oxygen atoms in total. The summed E-state index contributed by atoms with van der Waals surface area (Å²) in [7, 11) is -3.31. The molecule has 2 aromatic rings. The summed E-state index contributed by atoms with van der Waals surface area (Å²) in [4.78, 5) is 14.6. The van der Waals surface area contributed by atoms with Gasteiger partial charge in [-0.05, 0) is 24.3 Å². The van der Waals surface area contributed by atoms with E-state index < -0.39 is 15.8 Å². The number of carboxylic acids is 1. The molecule has 0 saturated carbocycles. The highest BCUT2D eigenvalue weighted by Gasteiger charge is 2.09. The van der Waals surface area contributed by atoms with Crippen molar-refractivity contribution in [2.24, 2.45) is 0 Å². The number of aromatic nitrogens is 1. The number of benzene rings is 1. The van der Waals surface area contributed by atoms with Crippen molar-refractivity contribution in [3.63, 3.8) is 0 Å². The van der Waals surface area contributed by atoms with Gasteiger partial charge in [0, 0.05) is 18.5 Å². The van der Waals surface area contributed by atoms with Crippen molar-refractivity contribution in [2.75, 3.05) is 6.26 Å². The van der Waals surface area contributed by atoms with E-state index in [0.717, 1.165) is 12.5 Å². The second kappa shape index (κ2) is 5.30. The largest absolute Gasteiger partial charge is 0.478 e. The number of carbonyl (C=O) groups is 1. The molecule has 0 spiro atoms. The maximum Gasteiger partial charge on any atom is 0.337 e. The van der Waals surface area contributed by atoms with Gasteiger partial charge in [-0.15, -0.1) is 0 Å². The topological polar surface area (TPSA) is 93.6 Å². The van der Waals surface area contributed by atoms with E-state index in [-0.39, 0.29) is 16.3 Å². The fraction of sp³-hybridized carbons (Fsp3) is 0.0769. The van der Waals surface area contributed by atoms with Crippen LogP contribution in [-0.4, -0.2) is 30.7 Å². The van der Waals surface area contributed by atoms with Gasteiger partial charge in [0.1, 0.15) is 5.75 Å². The molecule has 2 rings (SSSR count). The van der Waals surface area contributed by atoms with Gasteiger partial charge in [-0.25, -0.2) is 18.2 Å². The average molecular weight is 293 g/mol. The molecule has 0 radical (unpaired) electrons. The van der Waals surface area contributed by atoms with Crippen LogP contribution < -0.4 is 4.74 Å². The maximum atomic E-state index is 11.4. The summed E-state index contributed by atoms with van der Waals surface area (Å²) in [6, 6.07) is 8.73. The first-order chi connectivity index (χ1) is 9.36. The number of nitrogens with zero attached hydrogens (tertiary/aromatic N) is 1. The van der Waals surface area contributed by atoms with Gasteiger partial charge in [0.25, 0.3) is 0 Å². The zero-order valence-corrected chi connectivity index (χ0v) is 11.3. The first-order valence-corrected chi connectivity index (χ1v) is 7.43. The molecule has 0 aliphatic carbocycles. The van der Waals surface area contributed by atoms with Gasteiger partial charge in [0.15, 0.2) is 9.84 Å². The molecule has 0 unspecified atom stereocenters. The number of aromatic carboxylic acids is 1. The monoisotopic (exact) mass is 293 g/mol. The molecule has 1 aromatic heterocycles. The van der Waals surface area contributed by atoms with Crippen LogP contribution in [0.1, 0.15) is 10.4 Å². The summed E-state index contributed by atoms with van der Waals surface area (Å²) in [5.41, 5.74) is 0.0437. The van der Waals surface area contributed by atoms with E-state index in [2.05, 4.69) is 4.98 Å². The van der Waals surface area contributed by atoms with Crippen molar-refractivity contribution < 1.29 is 23.1 Å². The Balaban J connectivity index is 2.24. The third-order valence-electron chi connectivity index (χ3n) is 2.44. The minimum absolute atomic E-state index is 0.0437. The smallest absolute Gasteiger partial charge is 0.337 e. The summed E-state index contributed by atoms with van der Waals surface area (Å²) >= 11 is 0. The van der Waals surface area contributed by atoms with Gasteiger partial charge in [0.05, 0.1) is 10.5 Å². The number of rotatable bonds is 4. The van der Waals surface area contributed by atoms with E-state index in [1.54, 1.807) is 12.1 Å². The number of hydrogen-bond acceptors (Lipinski definition) is 5. The van der Waals surface area contributed by atoms with Crippen LogP contribution in [0.25, 0.3) is 0 Å². The third kappa shape index (κ3) is 3.33. The highest BCUT2D eigenvalue weighted by atomic mass is 32.2. The molecule has 1 N–H and O–H groups in total. The standard InChI is InChI=1S/C13H11NO5S/c1-20(17,18)11-4-2-3-10(7-11)19-12-6-5-9(8-14-12)13(15)16/h2-8H,1H3,(H,15,16). The predicted molar refractivity (Wildman–Crippen MR) is 70.8 cm³/mol. The van der Waals surface area contributed by atoms with Crippen molar-refractivity contribution in [3.05, 3.63) is 48.2 Å². The van der Waals surface area contributed by atoms with Crippen LogP contribution in [0.3, 0.4) is 0 Å². The summed E-state index contributed by atoms with van der Waals surface area (Å²) in [5, 5.41) is 8.74. The van der Waals surface area contributed by atoms with E-state index in [1.807, 2.05) is 0 Å².